The van der Waals surface area contributed by atoms with Gasteiger partial charge >= 0.3 is 0 Å². The topological polar surface area (TPSA) is 77.3 Å². The van der Waals surface area contributed by atoms with Gasteiger partial charge in [-0.1, -0.05) is 6.07 Å². The molecule has 1 aromatic rings. The first-order valence-corrected chi connectivity index (χ1v) is 10.5. The number of Topliss-reactive ketones (excluding diaryl/α,β-unsaturated/α-hetero) is 2. The number of likely N-dealkylation sites (tertiary alicyclic amines) is 1. The van der Waals surface area contributed by atoms with Crippen molar-refractivity contribution in [1.82, 2.24) is 14.8 Å². The van der Waals surface area contributed by atoms with Crippen LogP contribution < -0.4 is 0 Å². The summed E-state index contributed by atoms with van der Waals surface area (Å²) in [6, 6.07) is 5.71. The monoisotopic (exact) mass is 392 g/mol. The Labute approximate surface area is 172 Å². The highest BCUT2D eigenvalue weighted by atomic mass is 16.1. The molecule has 1 saturated heterocycles. The van der Waals surface area contributed by atoms with Crippen molar-refractivity contribution in [3.05, 3.63) is 34.7 Å². The van der Waals surface area contributed by atoms with Crippen LogP contribution in [0.25, 0.3) is 5.70 Å². The minimum atomic E-state index is -0.145. The Balaban J connectivity index is 1.63. The van der Waals surface area contributed by atoms with Crippen LogP contribution in [0.2, 0.25) is 0 Å². The second kappa shape index (κ2) is 7.72. The van der Waals surface area contributed by atoms with Gasteiger partial charge in [0.1, 0.15) is 17.3 Å². The van der Waals surface area contributed by atoms with Crippen LogP contribution in [0.15, 0.2) is 17.7 Å². The second-order valence-electron chi connectivity index (χ2n) is 8.96. The lowest BCUT2D eigenvalue weighted by Crippen LogP contribution is -2.36. The molecule has 29 heavy (non-hydrogen) atoms. The number of hydrogen-bond donors (Lipinski definition) is 0. The zero-order valence-corrected chi connectivity index (χ0v) is 17.3. The van der Waals surface area contributed by atoms with E-state index in [1.165, 1.54) is 12.8 Å². The molecule has 0 atom stereocenters. The number of carbonyl (C=O) groups is 2. The number of nitriles is 1. The largest absolute Gasteiger partial charge is 0.369 e. The number of fused-ring (bicyclic) bond motifs is 1. The molecule has 1 aromatic heterocycles. The number of rotatable bonds is 6. The number of ketones is 2. The number of aromatic nitrogens is 1. The highest BCUT2D eigenvalue weighted by molar-refractivity contribution is 6.09. The van der Waals surface area contributed by atoms with Crippen LogP contribution in [0, 0.1) is 16.7 Å². The maximum Gasteiger partial charge on any atom is 0.181 e. The number of piperidine rings is 1. The Morgan fingerprint density at radius 2 is 1.97 bits per heavy atom. The van der Waals surface area contributed by atoms with E-state index in [2.05, 4.69) is 20.9 Å². The lowest BCUT2D eigenvalue weighted by Gasteiger charge is -2.37. The van der Waals surface area contributed by atoms with E-state index in [1.807, 2.05) is 20.2 Å². The van der Waals surface area contributed by atoms with Crippen molar-refractivity contribution < 1.29 is 9.59 Å². The molecular weight excluding hydrogens is 364 g/mol. The average molecular weight is 393 g/mol. The summed E-state index contributed by atoms with van der Waals surface area (Å²) in [4.78, 5) is 34.2. The second-order valence-corrected chi connectivity index (χ2v) is 8.96. The van der Waals surface area contributed by atoms with Gasteiger partial charge in [0, 0.05) is 25.9 Å². The molecule has 6 heteroatoms. The Morgan fingerprint density at radius 3 is 2.59 bits per heavy atom. The van der Waals surface area contributed by atoms with Gasteiger partial charge in [-0.25, -0.2) is 4.98 Å². The van der Waals surface area contributed by atoms with E-state index in [4.69, 9.17) is 0 Å². The molecule has 3 aliphatic rings. The van der Waals surface area contributed by atoms with Crippen molar-refractivity contribution in [2.24, 2.45) is 5.41 Å². The maximum absolute atomic E-state index is 12.7. The van der Waals surface area contributed by atoms with Crippen LogP contribution in [-0.4, -0.2) is 60.1 Å². The highest BCUT2D eigenvalue weighted by Gasteiger charge is 2.45. The fourth-order valence-corrected chi connectivity index (χ4v) is 4.49. The Hall–Kier alpha value is -2.52. The molecule has 6 nitrogen and oxygen atoms in total. The summed E-state index contributed by atoms with van der Waals surface area (Å²) in [6.07, 6.45) is 6.20. The lowest BCUT2D eigenvalue weighted by molar-refractivity contribution is -0.114. The Kier molecular flexibility index (Phi) is 5.26. The molecule has 0 aromatic carbocycles. The molecule has 4 rings (SSSR count). The number of allylic oxidation sites excluding steroid dienone is 1. The molecule has 152 valence electrons. The van der Waals surface area contributed by atoms with E-state index in [1.54, 1.807) is 6.07 Å². The molecule has 2 fully saturated rings. The van der Waals surface area contributed by atoms with Crippen molar-refractivity contribution in [2.75, 3.05) is 33.7 Å². The van der Waals surface area contributed by atoms with Gasteiger partial charge < -0.3 is 9.80 Å². The molecular formula is C23H28N4O2. The third-order valence-electron chi connectivity index (χ3n) is 6.57. The minimum Gasteiger partial charge on any atom is -0.369 e. The van der Waals surface area contributed by atoms with Crippen LogP contribution in [0.1, 0.15) is 60.3 Å². The number of pyridine rings is 1. The highest BCUT2D eigenvalue weighted by Crippen LogP contribution is 2.54. The molecule has 1 spiro atoms. The van der Waals surface area contributed by atoms with Gasteiger partial charge in [-0.15, -0.1) is 0 Å². The fourth-order valence-electron chi connectivity index (χ4n) is 4.49. The van der Waals surface area contributed by atoms with Crippen molar-refractivity contribution in [2.45, 2.75) is 44.9 Å². The van der Waals surface area contributed by atoms with Gasteiger partial charge in [0.05, 0.1) is 11.4 Å². The summed E-state index contributed by atoms with van der Waals surface area (Å²) >= 11 is 0. The van der Waals surface area contributed by atoms with Gasteiger partial charge in [0.25, 0.3) is 0 Å². The van der Waals surface area contributed by atoms with Crippen molar-refractivity contribution in [3.63, 3.8) is 0 Å². The predicted molar refractivity (Wildman–Crippen MR) is 110 cm³/mol. The molecule has 1 saturated carbocycles. The molecule has 2 aliphatic carbocycles. The van der Waals surface area contributed by atoms with Gasteiger partial charge in [-0.2, -0.15) is 5.26 Å². The summed E-state index contributed by atoms with van der Waals surface area (Å²) in [5.74, 6) is -0.131. The summed E-state index contributed by atoms with van der Waals surface area (Å²) in [5, 5.41) is 9.69. The van der Waals surface area contributed by atoms with Gasteiger partial charge in [0.15, 0.2) is 11.6 Å². The van der Waals surface area contributed by atoms with E-state index >= 15 is 0 Å². The Morgan fingerprint density at radius 1 is 1.24 bits per heavy atom. The molecule has 0 amide bonds. The summed E-state index contributed by atoms with van der Waals surface area (Å²) in [7, 11) is 3.98. The van der Waals surface area contributed by atoms with Crippen LogP contribution in [0.5, 0.6) is 0 Å². The molecule has 2 heterocycles. The van der Waals surface area contributed by atoms with E-state index < -0.39 is 0 Å². The zero-order chi connectivity index (χ0) is 20.6. The van der Waals surface area contributed by atoms with Crippen LogP contribution in [0.3, 0.4) is 0 Å². The minimum absolute atomic E-state index is 0.0139. The molecule has 0 N–H and O–H groups in total. The van der Waals surface area contributed by atoms with Crippen molar-refractivity contribution >= 4 is 17.3 Å². The third-order valence-corrected chi connectivity index (χ3v) is 6.57. The molecule has 0 unspecified atom stereocenters. The first-order chi connectivity index (χ1) is 13.9. The lowest BCUT2D eigenvalue weighted by atomic mass is 9.88. The fraction of sp³-hybridized carbons (Fsp3) is 0.565. The van der Waals surface area contributed by atoms with Gasteiger partial charge in [0.2, 0.25) is 0 Å². The third kappa shape index (κ3) is 3.97. The summed E-state index contributed by atoms with van der Waals surface area (Å²) < 4.78 is 0. The number of carbonyl (C=O) groups excluding carboxylic acids is 2. The van der Waals surface area contributed by atoms with E-state index in [0.29, 0.717) is 28.9 Å². The normalized spacial score (nSPS) is 20.1. The number of hydrogen-bond acceptors (Lipinski definition) is 6. The van der Waals surface area contributed by atoms with Crippen LogP contribution in [0.4, 0.5) is 0 Å². The zero-order valence-electron chi connectivity index (χ0n) is 17.3. The quantitative estimate of drug-likeness (QED) is 0.693. The Bertz CT molecular complexity index is 911. The van der Waals surface area contributed by atoms with Crippen molar-refractivity contribution in [1.29, 1.82) is 5.26 Å². The van der Waals surface area contributed by atoms with E-state index in [-0.39, 0.29) is 23.6 Å². The molecule has 1 aliphatic heterocycles. The van der Waals surface area contributed by atoms with Crippen LogP contribution >= 0.6 is 0 Å². The van der Waals surface area contributed by atoms with E-state index in [0.717, 1.165) is 44.5 Å². The van der Waals surface area contributed by atoms with Crippen molar-refractivity contribution in [3.8, 4) is 6.07 Å². The standard InChI is InChI=1S/C23H28N4O2/c1-26(2)11-3-4-19(28)18-6-5-16-14-20(29)17(15-24)22(21(16)25-18)27-12-9-23(7-8-23)10-13-27/h5-6H,3-4,7-14H2,1-2H3. The van der Waals surface area contributed by atoms with Gasteiger partial charge in [-0.3, -0.25) is 9.59 Å². The first kappa shape index (κ1) is 19.8. The van der Waals surface area contributed by atoms with Gasteiger partial charge in [-0.05, 0) is 69.8 Å². The van der Waals surface area contributed by atoms with E-state index in [9.17, 15) is 14.9 Å². The first-order valence-electron chi connectivity index (χ1n) is 10.5. The smallest absolute Gasteiger partial charge is 0.181 e. The maximum atomic E-state index is 12.7. The van der Waals surface area contributed by atoms with Crippen LogP contribution in [-0.2, 0) is 11.2 Å². The average Bonchev–Trinajstić information content (AvgIpc) is 3.46. The predicted octanol–water partition coefficient (Wildman–Crippen LogP) is 2.84. The summed E-state index contributed by atoms with van der Waals surface area (Å²) in [5.41, 5.74) is 3.27. The summed E-state index contributed by atoms with van der Waals surface area (Å²) in [6.45, 7) is 2.54. The SMILES string of the molecule is CN(C)CCCC(=O)c1ccc2c(n1)C(N1CCC3(CC1)CC3)=C(C#N)C(=O)C2. The molecule has 0 bridgehead atoms. The molecule has 0 radical (unpaired) electrons. The number of nitrogens with zero attached hydrogens (tertiary/aromatic N) is 4.